The molecule has 1 aliphatic rings. The second kappa shape index (κ2) is 6.74. The molecule has 0 aromatic heterocycles. The number of hydrogen-bond donors (Lipinski definition) is 0. The van der Waals surface area contributed by atoms with Crippen LogP contribution in [0.3, 0.4) is 0 Å². The monoisotopic (exact) mass is 280 g/mol. The van der Waals surface area contributed by atoms with Gasteiger partial charge in [-0.25, -0.2) is 0 Å². The zero-order valence-corrected chi connectivity index (χ0v) is 13.0. The molecule has 2 rings (SSSR count). The summed E-state index contributed by atoms with van der Waals surface area (Å²) in [6.45, 7) is 7.92. The number of likely N-dealkylation sites (tertiary alicyclic amines) is 1. The Morgan fingerprint density at radius 2 is 1.84 bits per heavy atom. The fourth-order valence-corrected chi connectivity index (χ4v) is 2.95. The van der Waals surface area contributed by atoms with Crippen LogP contribution in [0.1, 0.15) is 38.3 Å². The quantitative estimate of drug-likeness (QED) is 0.809. The molecule has 0 spiro atoms. The summed E-state index contributed by atoms with van der Waals surface area (Å²) in [5, 5.41) is 0.900. The molecule has 19 heavy (non-hydrogen) atoms. The molecule has 1 atom stereocenters. The van der Waals surface area contributed by atoms with Gasteiger partial charge in [0.1, 0.15) is 0 Å². The minimum absolute atomic E-state index is 0.420. The van der Waals surface area contributed by atoms with Gasteiger partial charge < -0.3 is 4.90 Å². The van der Waals surface area contributed by atoms with Gasteiger partial charge >= 0.3 is 0 Å². The standard InChI is InChI=1S/C16H25ClN2/c1-13(2)18(3)12-16(19-10-6-7-11-19)14-8-4-5-9-15(14)17/h4-5,8-9,13,16H,6-7,10-12H2,1-3H3. The van der Waals surface area contributed by atoms with Crippen LogP contribution in [0.4, 0.5) is 0 Å². The van der Waals surface area contributed by atoms with Crippen LogP contribution in [0.15, 0.2) is 24.3 Å². The zero-order chi connectivity index (χ0) is 13.8. The maximum atomic E-state index is 6.42. The summed E-state index contributed by atoms with van der Waals surface area (Å²) in [4.78, 5) is 4.99. The van der Waals surface area contributed by atoms with Gasteiger partial charge in [0.15, 0.2) is 0 Å². The number of benzene rings is 1. The van der Waals surface area contributed by atoms with E-state index in [1.807, 2.05) is 12.1 Å². The van der Waals surface area contributed by atoms with Gasteiger partial charge in [-0.2, -0.15) is 0 Å². The van der Waals surface area contributed by atoms with Crippen LogP contribution in [-0.2, 0) is 0 Å². The first-order valence-electron chi connectivity index (χ1n) is 7.28. The summed E-state index contributed by atoms with van der Waals surface area (Å²) >= 11 is 6.42. The van der Waals surface area contributed by atoms with Crippen LogP contribution in [0.5, 0.6) is 0 Å². The largest absolute Gasteiger partial charge is 0.302 e. The summed E-state index contributed by atoms with van der Waals surface area (Å²) < 4.78 is 0. The fourth-order valence-electron chi connectivity index (χ4n) is 2.69. The second-order valence-electron chi connectivity index (χ2n) is 5.81. The summed E-state index contributed by atoms with van der Waals surface area (Å²) in [5.74, 6) is 0. The van der Waals surface area contributed by atoms with Gasteiger partial charge in [-0.05, 0) is 58.5 Å². The summed E-state index contributed by atoms with van der Waals surface area (Å²) in [6.07, 6.45) is 2.62. The lowest BCUT2D eigenvalue weighted by molar-refractivity contribution is 0.160. The van der Waals surface area contributed by atoms with Crippen molar-refractivity contribution in [2.75, 3.05) is 26.7 Å². The van der Waals surface area contributed by atoms with Crippen LogP contribution in [-0.4, -0.2) is 42.5 Å². The maximum Gasteiger partial charge on any atom is 0.0489 e. The Bertz CT molecular complexity index is 399. The highest BCUT2D eigenvalue weighted by atomic mass is 35.5. The van der Waals surface area contributed by atoms with Gasteiger partial charge in [-0.3, -0.25) is 4.90 Å². The summed E-state index contributed by atoms with van der Waals surface area (Å²) in [5.41, 5.74) is 1.28. The highest BCUT2D eigenvalue weighted by Gasteiger charge is 2.26. The molecule has 1 unspecified atom stereocenters. The maximum absolute atomic E-state index is 6.42. The van der Waals surface area contributed by atoms with Gasteiger partial charge in [0.25, 0.3) is 0 Å². The Balaban J connectivity index is 2.21. The van der Waals surface area contributed by atoms with Gasteiger partial charge in [0, 0.05) is 23.7 Å². The molecule has 1 heterocycles. The predicted molar refractivity (Wildman–Crippen MR) is 82.8 cm³/mol. The average Bonchev–Trinajstić information content (AvgIpc) is 2.90. The van der Waals surface area contributed by atoms with E-state index in [4.69, 9.17) is 11.6 Å². The molecule has 2 nitrogen and oxygen atoms in total. The van der Waals surface area contributed by atoms with E-state index in [1.54, 1.807) is 0 Å². The van der Waals surface area contributed by atoms with Gasteiger partial charge in [0.2, 0.25) is 0 Å². The van der Waals surface area contributed by atoms with Gasteiger partial charge in [-0.15, -0.1) is 0 Å². The summed E-state index contributed by atoms with van der Waals surface area (Å²) in [7, 11) is 2.20. The minimum Gasteiger partial charge on any atom is -0.302 e. The van der Waals surface area contributed by atoms with Crippen molar-refractivity contribution < 1.29 is 0 Å². The van der Waals surface area contributed by atoms with E-state index in [1.165, 1.54) is 31.5 Å². The van der Waals surface area contributed by atoms with E-state index in [9.17, 15) is 0 Å². The molecular formula is C16H25ClN2. The zero-order valence-electron chi connectivity index (χ0n) is 12.3. The molecule has 1 aromatic carbocycles. The predicted octanol–water partition coefficient (Wildman–Crippen LogP) is 3.82. The van der Waals surface area contributed by atoms with E-state index in [0.29, 0.717) is 12.1 Å². The Morgan fingerprint density at radius 3 is 2.42 bits per heavy atom. The summed E-state index contributed by atoms with van der Waals surface area (Å²) in [6, 6.07) is 9.28. The third-order valence-corrected chi connectivity index (χ3v) is 4.53. The molecule has 3 heteroatoms. The van der Waals surface area contributed by atoms with Crippen molar-refractivity contribution in [3.8, 4) is 0 Å². The molecule has 0 saturated carbocycles. The van der Waals surface area contributed by atoms with Crippen LogP contribution in [0, 0.1) is 0 Å². The molecule has 1 aromatic rings. The molecule has 106 valence electrons. The number of likely N-dealkylation sites (N-methyl/N-ethyl adjacent to an activating group) is 1. The lowest BCUT2D eigenvalue weighted by Gasteiger charge is -2.33. The molecule has 1 aliphatic heterocycles. The Labute approximate surface area is 122 Å². The first-order chi connectivity index (χ1) is 9.09. The third kappa shape index (κ3) is 3.71. The number of rotatable bonds is 5. The number of nitrogens with zero attached hydrogens (tertiary/aromatic N) is 2. The van der Waals surface area contributed by atoms with Crippen molar-refractivity contribution in [3.63, 3.8) is 0 Å². The second-order valence-corrected chi connectivity index (χ2v) is 6.22. The normalized spacial score (nSPS) is 18.4. The van der Waals surface area contributed by atoms with E-state index in [2.05, 4.69) is 42.8 Å². The number of halogens is 1. The number of hydrogen-bond acceptors (Lipinski definition) is 2. The lowest BCUT2D eigenvalue weighted by atomic mass is 10.0. The molecule has 1 fully saturated rings. The molecule has 0 aliphatic carbocycles. The molecular weight excluding hydrogens is 256 g/mol. The molecule has 1 saturated heterocycles. The van der Waals surface area contributed by atoms with E-state index in [0.717, 1.165) is 11.6 Å². The smallest absolute Gasteiger partial charge is 0.0489 e. The van der Waals surface area contributed by atoms with Crippen molar-refractivity contribution in [3.05, 3.63) is 34.9 Å². The highest BCUT2D eigenvalue weighted by Crippen LogP contribution is 2.30. The minimum atomic E-state index is 0.420. The fraction of sp³-hybridized carbons (Fsp3) is 0.625. The van der Waals surface area contributed by atoms with Gasteiger partial charge in [-0.1, -0.05) is 29.8 Å². The molecule has 0 amide bonds. The van der Waals surface area contributed by atoms with Crippen molar-refractivity contribution >= 4 is 11.6 Å². The lowest BCUT2D eigenvalue weighted by Crippen LogP contribution is -2.38. The highest BCUT2D eigenvalue weighted by molar-refractivity contribution is 6.31. The molecule has 0 radical (unpaired) electrons. The molecule has 0 N–H and O–H groups in total. The SMILES string of the molecule is CC(C)N(C)CC(c1ccccc1Cl)N1CCCC1. The van der Waals surface area contributed by atoms with Crippen molar-refractivity contribution in [1.29, 1.82) is 0 Å². The topological polar surface area (TPSA) is 6.48 Å². The Kier molecular flexibility index (Phi) is 5.26. The van der Waals surface area contributed by atoms with Gasteiger partial charge in [0.05, 0.1) is 0 Å². The average molecular weight is 281 g/mol. The Morgan fingerprint density at radius 1 is 1.21 bits per heavy atom. The van der Waals surface area contributed by atoms with Crippen LogP contribution in [0.2, 0.25) is 5.02 Å². The van der Waals surface area contributed by atoms with E-state index >= 15 is 0 Å². The third-order valence-electron chi connectivity index (χ3n) is 4.19. The first-order valence-corrected chi connectivity index (χ1v) is 7.66. The first kappa shape index (κ1) is 14.8. The van der Waals surface area contributed by atoms with E-state index < -0.39 is 0 Å². The van der Waals surface area contributed by atoms with Crippen molar-refractivity contribution in [2.45, 2.75) is 38.8 Å². The van der Waals surface area contributed by atoms with Crippen LogP contribution in [0.25, 0.3) is 0 Å². The van der Waals surface area contributed by atoms with Crippen LogP contribution >= 0.6 is 11.6 Å². The Hall–Kier alpha value is -0.570. The molecule has 0 bridgehead atoms. The van der Waals surface area contributed by atoms with Crippen molar-refractivity contribution in [2.24, 2.45) is 0 Å². The van der Waals surface area contributed by atoms with Crippen molar-refractivity contribution in [1.82, 2.24) is 9.80 Å². The van der Waals surface area contributed by atoms with Crippen LogP contribution < -0.4 is 0 Å². The van der Waals surface area contributed by atoms with E-state index in [-0.39, 0.29) is 0 Å².